The van der Waals surface area contributed by atoms with Gasteiger partial charge in [-0.15, -0.1) is 0 Å². The molecule has 0 aliphatic carbocycles. The summed E-state index contributed by atoms with van der Waals surface area (Å²) >= 11 is 3.31. The van der Waals surface area contributed by atoms with Crippen LogP contribution < -0.4 is 10.6 Å². The number of hydrogen-bond donors (Lipinski definition) is 3. The van der Waals surface area contributed by atoms with Crippen molar-refractivity contribution >= 4 is 45.1 Å². The highest BCUT2D eigenvalue weighted by molar-refractivity contribution is 9.10. The van der Waals surface area contributed by atoms with E-state index in [-0.39, 0.29) is 11.8 Å². The van der Waals surface area contributed by atoms with E-state index in [1.807, 2.05) is 4.90 Å². The lowest BCUT2D eigenvalue weighted by Gasteiger charge is -2.29. The summed E-state index contributed by atoms with van der Waals surface area (Å²) in [6.07, 6.45) is 1.59. The van der Waals surface area contributed by atoms with E-state index in [0.717, 1.165) is 10.0 Å². The Labute approximate surface area is 199 Å². The van der Waals surface area contributed by atoms with Crippen LogP contribution in [0.1, 0.15) is 26.3 Å². The fourth-order valence-electron chi connectivity index (χ4n) is 3.37. The first-order chi connectivity index (χ1) is 16.0. The van der Waals surface area contributed by atoms with Crippen molar-refractivity contribution in [2.24, 2.45) is 0 Å². The highest BCUT2D eigenvalue weighted by Crippen LogP contribution is 2.19. The number of benzene rings is 2. The van der Waals surface area contributed by atoms with Gasteiger partial charge >= 0.3 is 0 Å². The highest BCUT2D eigenvalue weighted by Gasteiger charge is 2.17. The van der Waals surface area contributed by atoms with Crippen molar-refractivity contribution in [3.05, 3.63) is 88.0 Å². The fraction of sp³-hybridized carbons (Fsp3) is 0.167. The molecule has 0 atom stereocenters. The van der Waals surface area contributed by atoms with E-state index in [9.17, 15) is 9.59 Å². The number of nitrogens with zero attached hydrogens (tertiary/aromatic N) is 2. The molecular formula is C24H22BrN5O3. The molecule has 1 aliphatic rings. The molecule has 1 aliphatic heterocycles. The fourth-order valence-corrected chi connectivity index (χ4v) is 3.60. The van der Waals surface area contributed by atoms with Crippen molar-refractivity contribution in [2.45, 2.75) is 0 Å². The molecule has 3 aromatic rings. The number of halogens is 1. The zero-order chi connectivity index (χ0) is 23.2. The molecule has 3 N–H and O–H groups in total. The first kappa shape index (κ1) is 22.6. The number of amides is 2. The number of hydrogen-bond acceptors (Lipinski definition) is 5. The molecule has 1 fully saturated rings. The topological polar surface area (TPSA) is 107 Å². The molecule has 1 aromatic heterocycles. The van der Waals surface area contributed by atoms with E-state index in [0.29, 0.717) is 54.8 Å². The molecule has 0 spiro atoms. The van der Waals surface area contributed by atoms with Gasteiger partial charge in [-0.05, 0) is 52.3 Å². The van der Waals surface area contributed by atoms with E-state index in [1.54, 1.807) is 66.9 Å². The van der Waals surface area contributed by atoms with Gasteiger partial charge in [0.25, 0.3) is 11.8 Å². The smallest absolute Gasteiger partial charge is 0.258 e. The molecule has 1 saturated heterocycles. The number of anilines is 2. The molecular weight excluding hydrogens is 486 g/mol. The van der Waals surface area contributed by atoms with E-state index >= 15 is 0 Å². The van der Waals surface area contributed by atoms with E-state index in [2.05, 4.69) is 31.5 Å². The summed E-state index contributed by atoms with van der Waals surface area (Å²) in [5.74, 6) is 0.0907. The summed E-state index contributed by atoms with van der Waals surface area (Å²) in [6.45, 7) is 2.56. The first-order valence-corrected chi connectivity index (χ1v) is 11.2. The highest BCUT2D eigenvalue weighted by atomic mass is 79.9. The van der Waals surface area contributed by atoms with Gasteiger partial charge < -0.3 is 20.3 Å². The summed E-state index contributed by atoms with van der Waals surface area (Å²) in [4.78, 5) is 31.7. The van der Waals surface area contributed by atoms with Gasteiger partial charge in [-0.25, -0.2) is 4.98 Å². The Kier molecular flexibility index (Phi) is 7.11. The van der Waals surface area contributed by atoms with Crippen LogP contribution in [0.3, 0.4) is 0 Å². The van der Waals surface area contributed by atoms with Crippen LogP contribution in [0, 0.1) is 5.41 Å². The lowest BCUT2D eigenvalue weighted by atomic mass is 10.1. The SMILES string of the molecule is N=C(c1ccc(C(=O)Nc2ccccc2C(=O)Nc2ccc(Br)cn2)cc1)N1CCOCC1. The quantitative estimate of drug-likeness (QED) is 0.357. The number of ether oxygens (including phenoxy) is 1. The Bertz CT molecular complexity index is 1160. The minimum atomic E-state index is -0.380. The van der Waals surface area contributed by atoms with E-state index in [1.165, 1.54) is 0 Å². The number of aromatic nitrogens is 1. The maximum atomic E-state index is 12.8. The predicted molar refractivity (Wildman–Crippen MR) is 130 cm³/mol. The number of carbonyl (C=O) groups is 2. The van der Waals surface area contributed by atoms with E-state index < -0.39 is 0 Å². The Morgan fingerprint density at radius 3 is 2.30 bits per heavy atom. The number of pyridine rings is 1. The summed E-state index contributed by atoms with van der Waals surface area (Å²) in [5, 5.41) is 13.9. The molecule has 2 heterocycles. The van der Waals surface area contributed by atoms with Gasteiger partial charge in [0.15, 0.2) is 0 Å². The van der Waals surface area contributed by atoms with Crippen molar-refractivity contribution in [3.8, 4) is 0 Å². The third-order valence-electron chi connectivity index (χ3n) is 5.14. The zero-order valence-electron chi connectivity index (χ0n) is 17.7. The standard InChI is InChI=1S/C24H22BrN5O3/c25-18-9-10-21(27-15-18)29-24(32)19-3-1-2-4-20(19)28-23(31)17-7-5-16(6-8-17)22(26)30-11-13-33-14-12-30/h1-10,15,26H,11-14H2,(H,28,31)(H,27,29,32). The average molecular weight is 508 g/mol. The largest absolute Gasteiger partial charge is 0.378 e. The van der Waals surface area contributed by atoms with Crippen molar-refractivity contribution in [1.82, 2.24) is 9.88 Å². The summed E-state index contributed by atoms with van der Waals surface area (Å²) in [5.41, 5.74) is 1.87. The van der Waals surface area contributed by atoms with Crippen LogP contribution >= 0.6 is 15.9 Å². The van der Waals surface area contributed by atoms with Crippen molar-refractivity contribution in [1.29, 1.82) is 5.41 Å². The first-order valence-electron chi connectivity index (χ1n) is 10.4. The number of para-hydroxylation sites is 1. The van der Waals surface area contributed by atoms with Crippen molar-refractivity contribution in [3.63, 3.8) is 0 Å². The minimum Gasteiger partial charge on any atom is -0.378 e. The molecule has 2 amide bonds. The summed E-state index contributed by atoms with van der Waals surface area (Å²) < 4.78 is 6.14. The third kappa shape index (κ3) is 5.63. The number of carbonyl (C=O) groups excluding carboxylic acids is 2. The lowest BCUT2D eigenvalue weighted by Crippen LogP contribution is -2.40. The van der Waals surface area contributed by atoms with Gasteiger partial charge in [-0.3, -0.25) is 15.0 Å². The molecule has 168 valence electrons. The lowest BCUT2D eigenvalue weighted by molar-refractivity contribution is 0.0680. The van der Waals surface area contributed by atoms with Crippen LogP contribution in [-0.2, 0) is 4.74 Å². The number of nitrogens with one attached hydrogen (secondary N) is 3. The van der Waals surface area contributed by atoms with Crippen LogP contribution in [0.4, 0.5) is 11.5 Å². The van der Waals surface area contributed by atoms with E-state index in [4.69, 9.17) is 10.1 Å². The zero-order valence-corrected chi connectivity index (χ0v) is 19.3. The van der Waals surface area contributed by atoms with Gasteiger partial charge in [0.05, 0.1) is 24.5 Å². The van der Waals surface area contributed by atoms with Crippen LogP contribution in [0.25, 0.3) is 0 Å². The molecule has 9 heteroatoms. The summed E-state index contributed by atoms with van der Waals surface area (Å²) in [6, 6.07) is 17.1. The maximum absolute atomic E-state index is 12.8. The van der Waals surface area contributed by atoms with Crippen LogP contribution in [-0.4, -0.2) is 53.8 Å². The molecule has 8 nitrogen and oxygen atoms in total. The van der Waals surface area contributed by atoms with Crippen LogP contribution in [0.2, 0.25) is 0 Å². The number of rotatable bonds is 5. The minimum absolute atomic E-state index is 0.321. The predicted octanol–water partition coefficient (Wildman–Crippen LogP) is 4.01. The number of morpholine rings is 1. The monoisotopic (exact) mass is 507 g/mol. The molecule has 2 aromatic carbocycles. The molecule has 0 unspecified atom stereocenters. The normalized spacial score (nSPS) is 13.3. The summed E-state index contributed by atoms with van der Waals surface area (Å²) in [7, 11) is 0. The molecule has 4 rings (SSSR count). The molecule has 0 saturated carbocycles. The second kappa shape index (κ2) is 10.4. The second-order valence-corrected chi connectivity index (χ2v) is 8.26. The second-order valence-electron chi connectivity index (χ2n) is 7.34. The van der Waals surface area contributed by atoms with Crippen LogP contribution in [0.5, 0.6) is 0 Å². The van der Waals surface area contributed by atoms with Gasteiger partial charge in [-0.2, -0.15) is 0 Å². The van der Waals surface area contributed by atoms with Crippen molar-refractivity contribution in [2.75, 3.05) is 36.9 Å². The average Bonchev–Trinajstić information content (AvgIpc) is 2.86. The van der Waals surface area contributed by atoms with Gasteiger partial charge in [0.2, 0.25) is 0 Å². The van der Waals surface area contributed by atoms with Crippen LogP contribution in [0.15, 0.2) is 71.3 Å². The Balaban J connectivity index is 1.44. The molecule has 0 radical (unpaired) electrons. The Morgan fingerprint density at radius 2 is 1.61 bits per heavy atom. The van der Waals surface area contributed by atoms with Gasteiger partial charge in [0.1, 0.15) is 11.7 Å². The van der Waals surface area contributed by atoms with Gasteiger partial charge in [0, 0.05) is 34.9 Å². The third-order valence-corrected chi connectivity index (χ3v) is 5.61. The van der Waals surface area contributed by atoms with Gasteiger partial charge in [-0.1, -0.05) is 24.3 Å². The molecule has 0 bridgehead atoms. The Hall–Kier alpha value is -3.56. The Morgan fingerprint density at radius 1 is 0.909 bits per heavy atom. The van der Waals surface area contributed by atoms with Crippen molar-refractivity contribution < 1.29 is 14.3 Å². The molecule has 33 heavy (non-hydrogen) atoms. The number of amidine groups is 1. The maximum Gasteiger partial charge on any atom is 0.258 e.